The largest absolute Gasteiger partial charge is 0.445 e. The molecule has 1 aromatic rings. The molecule has 4 heteroatoms. The van der Waals surface area contributed by atoms with Crippen LogP contribution in [0.1, 0.15) is 19.4 Å². The molecular formula is C14H20N2O2. The van der Waals surface area contributed by atoms with Gasteiger partial charge in [0.25, 0.3) is 0 Å². The fourth-order valence-electron chi connectivity index (χ4n) is 1.58. The van der Waals surface area contributed by atoms with Gasteiger partial charge in [0, 0.05) is 5.70 Å². The van der Waals surface area contributed by atoms with Crippen LogP contribution in [0.15, 0.2) is 42.6 Å². The molecule has 1 aromatic carbocycles. The first-order valence-corrected chi connectivity index (χ1v) is 5.92. The second-order valence-corrected chi connectivity index (χ2v) is 4.50. The molecule has 98 valence electrons. The van der Waals surface area contributed by atoms with E-state index in [0.29, 0.717) is 5.70 Å². The highest BCUT2D eigenvalue weighted by atomic mass is 16.5. The molecule has 0 saturated carbocycles. The average Bonchev–Trinajstić information content (AvgIpc) is 2.34. The minimum Gasteiger partial charge on any atom is -0.445 e. The summed E-state index contributed by atoms with van der Waals surface area (Å²) in [7, 11) is 0. The van der Waals surface area contributed by atoms with Crippen molar-refractivity contribution in [1.29, 1.82) is 0 Å². The van der Waals surface area contributed by atoms with Crippen LogP contribution in [0.4, 0.5) is 4.79 Å². The molecule has 1 rings (SSSR count). The van der Waals surface area contributed by atoms with Gasteiger partial charge in [-0.1, -0.05) is 50.8 Å². The summed E-state index contributed by atoms with van der Waals surface area (Å²) in [6.45, 7) is 7.82. The monoisotopic (exact) mass is 248 g/mol. The maximum atomic E-state index is 11.6. The van der Waals surface area contributed by atoms with Gasteiger partial charge in [0.1, 0.15) is 6.61 Å². The zero-order valence-corrected chi connectivity index (χ0v) is 10.8. The van der Waals surface area contributed by atoms with Gasteiger partial charge in [-0.3, -0.25) is 0 Å². The van der Waals surface area contributed by atoms with Crippen LogP contribution in [0.3, 0.4) is 0 Å². The van der Waals surface area contributed by atoms with Crippen LogP contribution in [0.5, 0.6) is 0 Å². The number of ether oxygens (including phenoxy) is 1. The number of carbonyl (C=O) groups is 1. The van der Waals surface area contributed by atoms with Crippen molar-refractivity contribution < 1.29 is 9.53 Å². The number of hydrogen-bond acceptors (Lipinski definition) is 3. The molecule has 0 aliphatic heterocycles. The summed E-state index contributed by atoms with van der Waals surface area (Å²) in [5.74, 6) is 0.173. The van der Waals surface area contributed by atoms with Crippen LogP contribution >= 0.6 is 0 Å². The third-order valence-electron chi connectivity index (χ3n) is 2.55. The molecule has 0 bridgehead atoms. The summed E-state index contributed by atoms with van der Waals surface area (Å²) >= 11 is 0. The zero-order valence-electron chi connectivity index (χ0n) is 10.8. The Kier molecular flexibility index (Phi) is 5.24. The standard InChI is InChI=1S/C14H20N2O2/c1-10(2)13(11(3)15)16-14(17)18-9-12-7-5-4-6-8-12/h4-8,10,13H,3,9,15H2,1-2H3,(H,16,17). The summed E-state index contributed by atoms with van der Waals surface area (Å²) in [5, 5.41) is 2.70. The third-order valence-corrected chi connectivity index (χ3v) is 2.55. The van der Waals surface area contributed by atoms with Crippen molar-refractivity contribution in [2.45, 2.75) is 26.5 Å². The lowest BCUT2D eigenvalue weighted by Gasteiger charge is -2.21. The molecule has 1 atom stereocenters. The molecule has 1 unspecified atom stereocenters. The van der Waals surface area contributed by atoms with Crippen molar-refractivity contribution in [3.05, 3.63) is 48.2 Å². The van der Waals surface area contributed by atoms with Crippen molar-refractivity contribution in [3.8, 4) is 0 Å². The van der Waals surface area contributed by atoms with E-state index in [1.165, 1.54) is 0 Å². The van der Waals surface area contributed by atoms with E-state index in [2.05, 4.69) is 11.9 Å². The first kappa shape index (κ1) is 14.1. The first-order valence-electron chi connectivity index (χ1n) is 5.92. The van der Waals surface area contributed by atoms with E-state index in [4.69, 9.17) is 10.5 Å². The fraction of sp³-hybridized carbons (Fsp3) is 0.357. The van der Waals surface area contributed by atoms with Crippen molar-refractivity contribution >= 4 is 6.09 Å². The Bertz CT molecular complexity index is 402. The summed E-state index contributed by atoms with van der Waals surface area (Å²) in [6, 6.07) is 9.24. The van der Waals surface area contributed by atoms with Gasteiger partial charge in [0.2, 0.25) is 0 Å². The van der Waals surface area contributed by atoms with Crippen molar-refractivity contribution in [3.63, 3.8) is 0 Å². The van der Waals surface area contributed by atoms with Gasteiger partial charge in [-0.2, -0.15) is 0 Å². The number of rotatable bonds is 5. The second kappa shape index (κ2) is 6.69. The van der Waals surface area contributed by atoms with Crippen LogP contribution in [0.2, 0.25) is 0 Å². The Morgan fingerprint density at radius 1 is 1.39 bits per heavy atom. The lowest BCUT2D eigenvalue weighted by Crippen LogP contribution is -2.42. The van der Waals surface area contributed by atoms with Gasteiger partial charge >= 0.3 is 6.09 Å². The van der Waals surface area contributed by atoms with E-state index < -0.39 is 6.09 Å². The Morgan fingerprint density at radius 3 is 2.50 bits per heavy atom. The molecule has 18 heavy (non-hydrogen) atoms. The SMILES string of the molecule is C=C(N)C(NC(=O)OCc1ccccc1)C(C)C. The molecule has 0 fully saturated rings. The summed E-state index contributed by atoms with van der Waals surface area (Å²) in [6.07, 6.45) is -0.482. The molecule has 1 amide bonds. The average molecular weight is 248 g/mol. The highest BCUT2D eigenvalue weighted by molar-refractivity contribution is 5.68. The van der Waals surface area contributed by atoms with Crippen LogP contribution < -0.4 is 11.1 Å². The molecule has 0 heterocycles. The van der Waals surface area contributed by atoms with Crippen LogP contribution in [-0.2, 0) is 11.3 Å². The number of carbonyl (C=O) groups excluding carboxylic acids is 1. The summed E-state index contributed by atoms with van der Waals surface area (Å²) in [4.78, 5) is 11.6. The Labute approximate surface area is 108 Å². The normalized spacial score (nSPS) is 11.9. The van der Waals surface area contributed by atoms with Gasteiger partial charge in [-0.05, 0) is 11.5 Å². The molecule has 4 nitrogen and oxygen atoms in total. The van der Waals surface area contributed by atoms with Crippen LogP contribution in [-0.4, -0.2) is 12.1 Å². The Balaban J connectivity index is 2.44. The lowest BCUT2D eigenvalue weighted by atomic mass is 10.0. The molecule has 0 radical (unpaired) electrons. The minimum atomic E-state index is -0.482. The van der Waals surface area contributed by atoms with Crippen LogP contribution in [0.25, 0.3) is 0 Å². The number of nitrogens with two attached hydrogens (primary N) is 1. The predicted molar refractivity (Wildman–Crippen MR) is 71.7 cm³/mol. The van der Waals surface area contributed by atoms with E-state index in [-0.39, 0.29) is 18.6 Å². The summed E-state index contributed by atoms with van der Waals surface area (Å²) in [5.41, 5.74) is 7.01. The second-order valence-electron chi connectivity index (χ2n) is 4.50. The van der Waals surface area contributed by atoms with E-state index >= 15 is 0 Å². The molecular weight excluding hydrogens is 228 g/mol. The highest BCUT2D eigenvalue weighted by Gasteiger charge is 2.18. The zero-order chi connectivity index (χ0) is 13.5. The van der Waals surface area contributed by atoms with Gasteiger partial charge in [0.15, 0.2) is 0 Å². The maximum Gasteiger partial charge on any atom is 0.408 e. The van der Waals surface area contributed by atoms with Crippen LogP contribution in [0, 0.1) is 5.92 Å². The first-order chi connectivity index (χ1) is 8.50. The van der Waals surface area contributed by atoms with Gasteiger partial charge < -0.3 is 15.8 Å². The highest BCUT2D eigenvalue weighted by Crippen LogP contribution is 2.07. The van der Waals surface area contributed by atoms with E-state index in [1.54, 1.807) is 0 Å². The number of benzene rings is 1. The molecule has 0 aromatic heterocycles. The maximum absolute atomic E-state index is 11.6. The quantitative estimate of drug-likeness (QED) is 0.841. The Hall–Kier alpha value is -1.97. The molecule has 0 aliphatic rings. The topological polar surface area (TPSA) is 64.3 Å². The van der Waals surface area contributed by atoms with E-state index in [1.807, 2.05) is 44.2 Å². The number of nitrogens with one attached hydrogen (secondary N) is 1. The fourth-order valence-corrected chi connectivity index (χ4v) is 1.58. The Morgan fingerprint density at radius 2 is 2.00 bits per heavy atom. The number of hydrogen-bond donors (Lipinski definition) is 2. The molecule has 0 saturated heterocycles. The summed E-state index contributed by atoms with van der Waals surface area (Å²) < 4.78 is 5.11. The van der Waals surface area contributed by atoms with E-state index in [9.17, 15) is 4.79 Å². The molecule has 0 aliphatic carbocycles. The lowest BCUT2D eigenvalue weighted by molar-refractivity contribution is 0.134. The smallest absolute Gasteiger partial charge is 0.408 e. The molecule has 0 spiro atoms. The van der Waals surface area contributed by atoms with Gasteiger partial charge in [-0.15, -0.1) is 0 Å². The van der Waals surface area contributed by atoms with E-state index in [0.717, 1.165) is 5.56 Å². The number of amides is 1. The molecule has 3 N–H and O–H groups in total. The number of alkyl carbamates (subject to hydrolysis) is 1. The van der Waals surface area contributed by atoms with Crippen molar-refractivity contribution in [2.24, 2.45) is 11.7 Å². The third kappa shape index (κ3) is 4.49. The minimum absolute atomic E-state index is 0.173. The predicted octanol–water partition coefficient (Wildman–Crippen LogP) is 2.41. The van der Waals surface area contributed by atoms with Gasteiger partial charge in [-0.25, -0.2) is 4.79 Å². The van der Waals surface area contributed by atoms with Crippen molar-refractivity contribution in [1.82, 2.24) is 5.32 Å². The van der Waals surface area contributed by atoms with Crippen molar-refractivity contribution in [2.75, 3.05) is 0 Å². The van der Waals surface area contributed by atoms with Gasteiger partial charge in [0.05, 0.1) is 6.04 Å².